The number of aromatic nitrogens is 4. The number of hydrogen-bond acceptors (Lipinski definition) is 5. The molecule has 3 aromatic heterocycles. The predicted octanol–water partition coefficient (Wildman–Crippen LogP) is 5.21. The SMILES string of the molecule is CC(C)(C)C(NCn1nc(-c2cccnc2)n(C2CC2)c1=S)c1cccs1. The van der Waals surface area contributed by atoms with Crippen LogP contribution < -0.4 is 5.32 Å². The van der Waals surface area contributed by atoms with Gasteiger partial charge in [0.15, 0.2) is 10.6 Å². The molecule has 0 aliphatic heterocycles. The van der Waals surface area contributed by atoms with Crippen LogP contribution in [0.1, 0.15) is 50.6 Å². The summed E-state index contributed by atoms with van der Waals surface area (Å²) in [6, 6.07) is 9.00. The molecule has 5 nitrogen and oxygen atoms in total. The van der Waals surface area contributed by atoms with E-state index in [1.54, 1.807) is 17.5 Å². The fraction of sp³-hybridized carbons (Fsp3) is 0.450. The molecule has 1 atom stereocenters. The Morgan fingerprint density at radius 1 is 1.30 bits per heavy atom. The van der Waals surface area contributed by atoms with Crippen LogP contribution in [0.4, 0.5) is 0 Å². The lowest BCUT2D eigenvalue weighted by molar-refractivity contribution is 0.255. The summed E-state index contributed by atoms with van der Waals surface area (Å²) in [5.74, 6) is 0.917. The summed E-state index contributed by atoms with van der Waals surface area (Å²) in [5.41, 5.74) is 1.11. The summed E-state index contributed by atoms with van der Waals surface area (Å²) in [4.78, 5) is 5.59. The van der Waals surface area contributed by atoms with Gasteiger partial charge in [0.05, 0.1) is 6.67 Å². The minimum absolute atomic E-state index is 0.0955. The lowest BCUT2D eigenvalue weighted by Crippen LogP contribution is -2.33. The van der Waals surface area contributed by atoms with Crippen LogP contribution in [0.5, 0.6) is 0 Å². The average molecular weight is 400 g/mol. The van der Waals surface area contributed by atoms with Gasteiger partial charge in [0.25, 0.3) is 0 Å². The van der Waals surface area contributed by atoms with Crippen LogP contribution in [0.2, 0.25) is 0 Å². The monoisotopic (exact) mass is 399 g/mol. The summed E-state index contributed by atoms with van der Waals surface area (Å²) < 4.78 is 4.90. The number of thiophene rings is 1. The summed E-state index contributed by atoms with van der Waals surface area (Å²) >= 11 is 7.57. The highest BCUT2D eigenvalue weighted by molar-refractivity contribution is 7.71. The zero-order chi connectivity index (χ0) is 19.0. The maximum atomic E-state index is 5.78. The molecule has 0 aromatic carbocycles. The van der Waals surface area contributed by atoms with Crippen LogP contribution in [-0.4, -0.2) is 19.3 Å². The van der Waals surface area contributed by atoms with Crippen LogP contribution in [0.15, 0.2) is 42.0 Å². The lowest BCUT2D eigenvalue weighted by Gasteiger charge is -2.30. The van der Waals surface area contributed by atoms with Crippen LogP contribution in [-0.2, 0) is 6.67 Å². The average Bonchev–Trinajstić information content (AvgIpc) is 3.22. The van der Waals surface area contributed by atoms with E-state index in [2.05, 4.69) is 53.2 Å². The second kappa shape index (κ2) is 7.30. The summed E-state index contributed by atoms with van der Waals surface area (Å²) in [6.07, 6.45) is 5.98. The largest absolute Gasteiger partial charge is 0.297 e. The molecule has 0 radical (unpaired) electrons. The van der Waals surface area contributed by atoms with E-state index < -0.39 is 0 Å². The van der Waals surface area contributed by atoms with Crippen LogP contribution in [0.3, 0.4) is 0 Å². The standard InChI is InChI=1S/C20H25N5S2/c1-20(2,3)17(16-7-5-11-27-16)22-13-24-19(26)25(15-8-9-15)18(23-24)14-6-4-10-21-12-14/h4-7,10-12,15,17,22H,8-9,13H2,1-3H3. The topological polar surface area (TPSA) is 47.7 Å². The fourth-order valence-electron chi connectivity index (χ4n) is 3.34. The third-order valence-electron chi connectivity index (χ3n) is 4.84. The van der Waals surface area contributed by atoms with Gasteiger partial charge in [-0.3, -0.25) is 14.9 Å². The van der Waals surface area contributed by atoms with Crippen molar-refractivity contribution in [1.29, 1.82) is 0 Å². The summed E-state index contributed by atoms with van der Waals surface area (Å²) in [5, 5.41) is 10.7. The van der Waals surface area contributed by atoms with E-state index in [0.29, 0.717) is 12.7 Å². The Hall–Kier alpha value is -1.83. The van der Waals surface area contributed by atoms with Crippen molar-refractivity contribution in [3.63, 3.8) is 0 Å². The molecule has 4 rings (SSSR count). The van der Waals surface area contributed by atoms with Crippen molar-refractivity contribution in [2.75, 3.05) is 0 Å². The molecule has 0 bridgehead atoms. The highest BCUT2D eigenvalue weighted by Gasteiger charge is 2.30. The van der Waals surface area contributed by atoms with Crippen molar-refractivity contribution in [3.8, 4) is 11.4 Å². The Bertz CT molecular complexity index is 947. The smallest absolute Gasteiger partial charge is 0.199 e. The Morgan fingerprint density at radius 2 is 2.11 bits per heavy atom. The Labute approximate surface area is 169 Å². The number of rotatable bonds is 6. The third kappa shape index (κ3) is 3.90. The molecule has 7 heteroatoms. The fourth-order valence-corrected chi connectivity index (χ4v) is 4.73. The molecule has 0 saturated heterocycles. The molecule has 142 valence electrons. The van der Waals surface area contributed by atoms with E-state index in [4.69, 9.17) is 17.3 Å². The van der Waals surface area contributed by atoms with Gasteiger partial charge in [-0.05, 0) is 54.1 Å². The number of nitrogens with one attached hydrogen (secondary N) is 1. The molecule has 27 heavy (non-hydrogen) atoms. The quantitative estimate of drug-likeness (QED) is 0.578. The van der Waals surface area contributed by atoms with E-state index in [9.17, 15) is 0 Å². The Balaban J connectivity index is 1.64. The van der Waals surface area contributed by atoms with Gasteiger partial charge >= 0.3 is 0 Å². The van der Waals surface area contributed by atoms with Crippen molar-refractivity contribution in [2.45, 2.75) is 52.4 Å². The summed E-state index contributed by atoms with van der Waals surface area (Å²) in [6.45, 7) is 7.36. The minimum Gasteiger partial charge on any atom is -0.297 e. The lowest BCUT2D eigenvalue weighted by atomic mass is 9.86. The zero-order valence-corrected chi connectivity index (χ0v) is 17.6. The first-order valence-electron chi connectivity index (χ1n) is 9.31. The van der Waals surface area contributed by atoms with Crippen molar-refractivity contribution in [3.05, 3.63) is 51.7 Å². The number of hydrogen-bond donors (Lipinski definition) is 1. The molecule has 0 amide bonds. The maximum Gasteiger partial charge on any atom is 0.199 e. The molecule has 1 aliphatic carbocycles. The van der Waals surface area contributed by atoms with Crippen LogP contribution in [0, 0.1) is 10.2 Å². The van der Waals surface area contributed by atoms with Gasteiger partial charge in [-0.2, -0.15) is 5.10 Å². The van der Waals surface area contributed by atoms with Crippen molar-refractivity contribution >= 4 is 23.6 Å². The molecule has 1 saturated carbocycles. The second-order valence-corrected chi connectivity index (χ2v) is 9.47. The molecule has 3 heterocycles. The highest BCUT2D eigenvalue weighted by Crippen LogP contribution is 2.39. The second-order valence-electron chi connectivity index (χ2n) is 8.13. The van der Waals surface area contributed by atoms with E-state index in [0.717, 1.165) is 16.2 Å². The predicted molar refractivity (Wildman–Crippen MR) is 112 cm³/mol. The molecule has 1 aliphatic rings. The number of pyridine rings is 1. The van der Waals surface area contributed by atoms with Crippen LogP contribution >= 0.6 is 23.6 Å². The Morgan fingerprint density at radius 3 is 2.70 bits per heavy atom. The van der Waals surface area contributed by atoms with Gasteiger partial charge < -0.3 is 0 Å². The zero-order valence-electron chi connectivity index (χ0n) is 15.9. The van der Waals surface area contributed by atoms with Gasteiger partial charge in [0.2, 0.25) is 0 Å². The number of nitrogens with zero attached hydrogens (tertiary/aromatic N) is 4. The van der Waals surface area contributed by atoms with Gasteiger partial charge in [-0.1, -0.05) is 26.8 Å². The van der Waals surface area contributed by atoms with E-state index in [-0.39, 0.29) is 11.5 Å². The van der Waals surface area contributed by atoms with E-state index in [1.807, 2.05) is 23.0 Å². The van der Waals surface area contributed by atoms with Crippen LogP contribution in [0.25, 0.3) is 11.4 Å². The molecular formula is C20H25N5S2. The minimum atomic E-state index is 0.0955. The first-order valence-corrected chi connectivity index (χ1v) is 10.6. The van der Waals surface area contributed by atoms with Gasteiger partial charge in [0.1, 0.15) is 0 Å². The maximum absolute atomic E-state index is 5.78. The highest BCUT2D eigenvalue weighted by atomic mass is 32.1. The first kappa shape index (κ1) is 18.5. The summed E-state index contributed by atoms with van der Waals surface area (Å²) in [7, 11) is 0. The van der Waals surface area contributed by atoms with Gasteiger partial charge in [-0.15, -0.1) is 11.3 Å². The molecule has 1 fully saturated rings. The van der Waals surface area contributed by atoms with Gasteiger partial charge in [0, 0.05) is 34.9 Å². The van der Waals surface area contributed by atoms with Crippen molar-refractivity contribution in [1.82, 2.24) is 24.6 Å². The molecule has 0 spiro atoms. The molecule has 1 unspecified atom stereocenters. The normalized spacial score (nSPS) is 15.8. The molecule has 1 N–H and O–H groups in total. The van der Waals surface area contributed by atoms with Crippen molar-refractivity contribution in [2.24, 2.45) is 5.41 Å². The molecule has 3 aromatic rings. The van der Waals surface area contributed by atoms with E-state index in [1.165, 1.54) is 17.7 Å². The third-order valence-corrected chi connectivity index (χ3v) is 6.19. The van der Waals surface area contributed by atoms with Gasteiger partial charge in [-0.25, -0.2) is 4.68 Å². The van der Waals surface area contributed by atoms with Crippen molar-refractivity contribution < 1.29 is 0 Å². The Kier molecular flexibility index (Phi) is 5.01. The first-order chi connectivity index (χ1) is 12.9. The molecular weight excluding hydrogens is 374 g/mol. The van der Waals surface area contributed by atoms with E-state index >= 15 is 0 Å².